The van der Waals surface area contributed by atoms with Crippen molar-refractivity contribution in [1.82, 2.24) is 24.5 Å². The van der Waals surface area contributed by atoms with E-state index in [1.165, 1.54) is 4.40 Å². The minimum absolute atomic E-state index is 0.0547. The van der Waals surface area contributed by atoms with Gasteiger partial charge in [0.2, 0.25) is 0 Å². The maximum absolute atomic E-state index is 13.0. The number of fused-ring (bicyclic) bond motifs is 1. The van der Waals surface area contributed by atoms with Crippen LogP contribution in [0.2, 0.25) is 0 Å². The van der Waals surface area contributed by atoms with Crippen LogP contribution in [0, 0.1) is 0 Å². The van der Waals surface area contributed by atoms with Gasteiger partial charge in [0, 0.05) is 24.8 Å². The lowest BCUT2D eigenvalue weighted by Crippen LogP contribution is -2.41. The van der Waals surface area contributed by atoms with E-state index in [0.29, 0.717) is 18.1 Å². The molecule has 0 unspecified atom stereocenters. The lowest BCUT2D eigenvalue weighted by molar-refractivity contribution is -0.140. The molecule has 0 atom stereocenters. The first-order chi connectivity index (χ1) is 15.7. The molecule has 3 heterocycles. The molecule has 2 N–H and O–H groups in total. The summed E-state index contributed by atoms with van der Waals surface area (Å²) in [5.74, 6) is 0.713. The number of aromatic nitrogens is 4. The Kier molecular flexibility index (Phi) is 6.36. The van der Waals surface area contributed by atoms with Crippen molar-refractivity contribution in [2.75, 3.05) is 5.32 Å². The fourth-order valence-corrected chi connectivity index (χ4v) is 4.26. The predicted octanol–water partition coefficient (Wildman–Crippen LogP) is 4.85. The molecule has 4 rings (SSSR count). The molecule has 0 radical (unpaired) electrons. The Morgan fingerprint density at radius 2 is 1.88 bits per heavy atom. The number of hydrogen-bond donors (Lipinski definition) is 2. The third kappa shape index (κ3) is 4.99. The zero-order chi connectivity index (χ0) is 23.8. The molecule has 0 aliphatic heterocycles. The van der Waals surface area contributed by atoms with Gasteiger partial charge in [0.05, 0.1) is 5.69 Å². The molecule has 178 valence electrons. The number of halogens is 3. The minimum atomic E-state index is -4.48. The molecule has 33 heavy (non-hydrogen) atoms. The summed E-state index contributed by atoms with van der Waals surface area (Å²) in [6, 6.07) is 7.02. The van der Waals surface area contributed by atoms with Crippen LogP contribution >= 0.6 is 0 Å². The molecule has 1 amide bonds. The Morgan fingerprint density at radius 1 is 1.18 bits per heavy atom. The number of hydrogen-bond acceptors (Lipinski definition) is 4. The minimum Gasteiger partial charge on any atom is -0.368 e. The predicted molar refractivity (Wildman–Crippen MR) is 119 cm³/mol. The number of carbonyl (C=O) groups is 1. The summed E-state index contributed by atoms with van der Waals surface area (Å²) < 4.78 is 42.3. The summed E-state index contributed by atoms with van der Waals surface area (Å²) in [4.78, 5) is 16.5. The van der Waals surface area contributed by atoms with E-state index in [2.05, 4.69) is 20.7 Å². The van der Waals surface area contributed by atoms with Crippen LogP contribution in [0.25, 0.3) is 5.65 Å². The number of amides is 1. The van der Waals surface area contributed by atoms with Gasteiger partial charge in [-0.05, 0) is 56.7 Å². The van der Waals surface area contributed by atoms with Crippen LogP contribution in [-0.4, -0.2) is 37.2 Å². The smallest absolute Gasteiger partial charge is 0.368 e. The molecule has 1 aliphatic rings. The van der Waals surface area contributed by atoms with Gasteiger partial charge in [0.15, 0.2) is 5.69 Å². The largest absolute Gasteiger partial charge is 0.434 e. The Balaban J connectivity index is 1.37. The molecule has 1 fully saturated rings. The van der Waals surface area contributed by atoms with E-state index < -0.39 is 11.9 Å². The normalized spacial score (nSPS) is 19.2. The van der Waals surface area contributed by atoms with Crippen LogP contribution in [0.5, 0.6) is 0 Å². The molecule has 10 heteroatoms. The molecule has 3 aromatic rings. The lowest BCUT2D eigenvalue weighted by atomic mass is 9.91. The zero-order valence-corrected chi connectivity index (χ0v) is 19.0. The molecule has 7 nitrogen and oxygen atoms in total. The average molecular weight is 463 g/mol. The monoisotopic (exact) mass is 462 g/mol. The first kappa shape index (κ1) is 23.1. The summed E-state index contributed by atoms with van der Waals surface area (Å²) >= 11 is 0. The van der Waals surface area contributed by atoms with Gasteiger partial charge in [-0.3, -0.25) is 13.9 Å². The maximum Gasteiger partial charge on any atom is 0.434 e. The lowest BCUT2D eigenvalue weighted by Gasteiger charge is -2.30. The van der Waals surface area contributed by atoms with Crippen molar-refractivity contribution in [3.05, 3.63) is 47.5 Å². The van der Waals surface area contributed by atoms with Gasteiger partial charge < -0.3 is 10.6 Å². The Labute approximate surface area is 190 Å². The summed E-state index contributed by atoms with van der Waals surface area (Å²) in [7, 11) is 0. The SMILES string of the molecule is CCn1nc(C(C)C)cc1C(=O)NC1CCC(Nc2cccc3nc(C(F)(F)F)cn23)CC1. The van der Waals surface area contributed by atoms with E-state index in [1.807, 2.05) is 26.8 Å². The number of anilines is 1. The van der Waals surface area contributed by atoms with Crippen LogP contribution in [-0.2, 0) is 12.7 Å². The van der Waals surface area contributed by atoms with E-state index in [-0.39, 0.29) is 29.6 Å². The third-order valence-electron chi connectivity index (χ3n) is 6.12. The highest BCUT2D eigenvalue weighted by Crippen LogP contribution is 2.30. The highest BCUT2D eigenvalue weighted by molar-refractivity contribution is 5.93. The van der Waals surface area contributed by atoms with Crippen molar-refractivity contribution < 1.29 is 18.0 Å². The molecule has 1 saturated carbocycles. The number of alkyl halides is 3. The number of rotatable bonds is 6. The fourth-order valence-electron chi connectivity index (χ4n) is 4.26. The summed E-state index contributed by atoms with van der Waals surface area (Å²) in [6.45, 7) is 6.68. The van der Waals surface area contributed by atoms with Gasteiger partial charge in [-0.1, -0.05) is 19.9 Å². The molecule has 3 aromatic heterocycles. The van der Waals surface area contributed by atoms with Crippen molar-refractivity contribution >= 4 is 17.4 Å². The number of nitrogens with zero attached hydrogens (tertiary/aromatic N) is 4. The second kappa shape index (κ2) is 9.07. The second-order valence-electron chi connectivity index (χ2n) is 8.85. The van der Waals surface area contributed by atoms with Gasteiger partial charge in [-0.2, -0.15) is 18.3 Å². The van der Waals surface area contributed by atoms with E-state index in [0.717, 1.165) is 37.6 Å². The Bertz CT molecular complexity index is 1130. The molecule has 0 spiro atoms. The molecule has 0 aromatic carbocycles. The molecule has 0 bridgehead atoms. The molecule has 0 saturated heterocycles. The number of aryl methyl sites for hydroxylation is 1. The summed E-state index contributed by atoms with van der Waals surface area (Å²) in [5.41, 5.74) is 0.822. The average Bonchev–Trinajstić information content (AvgIpc) is 3.40. The highest BCUT2D eigenvalue weighted by Gasteiger charge is 2.34. The maximum atomic E-state index is 13.0. The first-order valence-electron chi connectivity index (χ1n) is 11.4. The van der Waals surface area contributed by atoms with Gasteiger partial charge in [0.1, 0.15) is 17.2 Å². The van der Waals surface area contributed by atoms with Crippen LogP contribution in [0.15, 0.2) is 30.5 Å². The van der Waals surface area contributed by atoms with Crippen LogP contribution in [0.4, 0.5) is 19.0 Å². The van der Waals surface area contributed by atoms with Gasteiger partial charge in [-0.15, -0.1) is 0 Å². The fraction of sp³-hybridized carbons (Fsp3) is 0.522. The van der Waals surface area contributed by atoms with Crippen LogP contribution in [0.3, 0.4) is 0 Å². The van der Waals surface area contributed by atoms with Crippen LogP contribution in [0.1, 0.15) is 74.2 Å². The van der Waals surface area contributed by atoms with Crippen molar-refractivity contribution in [3.63, 3.8) is 0 Å². The van der Waals surface area contributed by atoms with Crippen molar-refractivity contribution in [2.24, 2.45) is 0 Å². The van der Waals surface area contributed by atoms with Crippen molar-refractivity contribution in [2.45, 2.75) is 77.2 Å². The second-order valence-corrected chi connectivity index (χ2v) is 8.85. The summed E-state index contributed by atoms with van der Waals surface area (Å²) in [6.07, 6.45) is -0.295. The first-order valence-corrected chi connectivity index (χ1v) is 11.4. The van der Waals surface area contributed by atoms with E-state index >= 15 is 0 Å². The number of carbonyl (C=O) groups excluding carboxylic acids is 1. The third-order valence-corrected chi connectivity index (χ3v) is 6.12. The standard InChI is InChI=1S/C23H29F3N6O/c1-4-32-18(12-17(30-32)14(2)3)22(33)28-16-10-8-15(9-11-16)27-20-6-5-7-21-29-19(13-31(20)21)23(24,25)26/h5-7,12-16,27H,4,8-11H2,1-3H3,(H,28,33). The quantitative estimate of drug-likeness (QED) is 0.549. The van der Waals surface area contributed by atoms with Crippen LogP contribution < -0.4 is 10.6 Å². The van der Waals surface area contributed by atoms with Crippen molar-refractivity contribution in [3.8, 4) is 0 Å². The van der Waals surface area contributed by atoms with E-state index in [4.69, 9.17) is 0 Å². The van der Waals surface area contributed by atoms with E-state index in [1.54, 1.807) is 22.9 Å². The van der Waals surface area contributed by atoms with Gasteiger partial charge in [-0.25, -0.2) is 4.98 Å². The topological polar surface area (TPSA) is 76.2 Å². The molecule has 1 aliphatic carbocycles. The van der Waals surface area contributed by atoms with E-state index in [9.17, 15) is 18.0 Å². The number of pyridine rings is 1. The van der Waals surface area contributed by atoms with Gasteiger partial charge in [0.25, 0.3) is 5.91 Å². The number of imidazole rings is 1. The number of nitrogens with one attached hydrogen (secondary N) is 2. The highest BCUT2D eigenvalue weighted by atomic mass is 19.4. The zero-order valence-electron chi connectivity index (χ0n) is 19.0. The Morgan fingerprint density at radius 3 is 2.52 bits per heavy atom. The van der Waals surface area contributed by atoms with Crippen molar-refractivity contribution in [1.29, 1.82) is 0 Å². The molecular formula is C23H29F3N6O. The summed E-state index contributed by atoms with van der Waals surface area (Å²) in [5, 5.41) is 11.0. The van der Waals surface area contributed by atoms with Gasteiger partial charge >= 0.3 is 6.18 Å². The Hall–Kier alpha value is -3.04. The molecular weight excluding hydrogens is 433 g/mol.